The molecule has 2 N–H and O–H groups in total. The molecule has 0 saturated heterocycles. The standard InChI is InChI=1S/C25H41N5O.HI/c1-6-30(7-2)16-10-12-21(3)28-25(26-4)27-18-22-13-8-9-14-23(22)19-29(5)20-24-15-11-17-31-24;/h8-9,11,13-15,17,21H,6-7,10,12,16,18-20H2,1-5H3,(H2,26,27,28);1H. The second-order valence-corrected chi connectivity index (χ2v) is 8.16. The average molecular weight is 556 g/mol. The van der Waals surface area contributed by atoms with E-state index in [0.717, 1.165) is 57.4 Å². The third-order valence-electron chi connectivity index (χ3n) is 5.62. The lowest BCUT2D eigenvalue weighted by Gasteiger charge is -2.22. The van der Waals surface area contributed by atoms with Gasteiger partial charge in [-0.15, -0.1) is 24.0 Å². The zero-order chi connectivity index (χ0) is 22.5. The van der Waals surface area contributed by atoms with Crippen molar-refractivity contribution < 1.29 is 4.42 Å². The highest BCUT2D eigenvalue weighted by Gasteiger charge is 2.10. The van der Waals surface area contributed by atoms with Crippen LogP contribution in [-0.4, -0.2) is 55.5 Å². The van der Waals surface area contributed by atoms with Crippen LogP contribution in [0.3, 0.4) is 0 Å². The second-order valence-electron chi connectivity index (χ2n) is 8.16. The quantitative estimate of drug-likeness (QED) is 0.213. The van der Waals surface area contributed by atoms with Crippen LogP contribution in [-0.2, 0) is 19.6 Å². The lowest BCUT2D eigenvalue weighted by atomic mass is 10.1. The van der Waals surface area contributed by atoms with Crippen LogP contribution >= 0.6 is 24.0 Å². The Labute approximate surface area is 211 Å². The normalized spacial score (nSPS) is 12.7. The third kappa shape index (κ3) is 10.4. The molecule has 180 valence electrons. The summed E-state index contributed by atoms with van der Waals surface area (Å²) in [5, 5.41) is 7.02. The molecule has 0 aliphatic carbocycles. The van der Waals surface area contributed by atoms with Gasteiger partial charge in [-0.1, -0.05) is 38.1 Å². The summed E-state index contributed by atoms with van der Waals surface area (Å²) in [7, 11) is 3.95. The molecule has 6 nitrogen and oxygen atoms in total. The molecule has 0 spiro atoms. The Bertz CT molecular complexity index is 761. The van der Waals surface area contributed by atoms with E-state index in [0.29, 0.717) is 6.04 Å². The first-order valence-electron chi connectivity index (χ1n) is 11.5. The van der Waals surface area contributed by atoms with Crippen LogP contribution in [0.15, 0.2) is 52.1 Å². The van der Waals surface area contributed by atoms with E-state index in [1.165, 1.54) is 17.5 Å². The fourth-order valence-corrected chi connectivity index (χ4v) is 3.74. The highest BCUT2D eigenvalue weighted by molar-refractivity contribution is 14.0. The highest BCUT2D eigenvalue weighted by Crippen LogP contribution is 2.13. The zero-order valence-electron chi connectivity index (χ0n) is 20.4. The minimum absolute atomic E-state index is 0. The van der Waals surface area contributed by atoms with Gasteiger partial charge in [0.1, 0.15) is 5.76 Å². The maximum absolute atomic E-state index is 5.48. The highest BCUT2D eigenvalue weighted by atomic mass is 127. The number of guanidine groups is 1. The molecule has 2 rings (SSSR count). The molecule has 2 aromatic rings. The van der Waals surface area contributed by atoms with Gasteiger partial charge in [0.05, 0.1) is 12.8 Å². The Morgan fingerprint density at radius 3 is 2.41 bits per heavy atom. The molecule has 0 saturated carbocycles. The maximum atomic E-state index is 5.48. The zero-order valence-corrected chi connectivity index (χ0v) is 22.8. The van der Waals surface area contributed by atoms with E-state index in [4.69, 9.17) is 4.42 Å². The van der Waals surface area contributed by atoms with E-state index >= 15 is 0 Å². The van der Waals surface area contributed by atoms with Crippen molar-refractivity contribution in [2.45, 2.75) is 59.3 Å². The molecule has 0 aliphatic rings. The molecule has 0 aliphatic heterocycles. The number of nitrogens with one attached hydrogen (secondary N) is 2. The summed E-state index contributed by atoms with van der Waals surface area (Å²) in [6, 6.07) is 12.9. The third-order valence-corrected chi connectivity index (χ3v) is 5.62. The fraction of sp³-hybridized carbons (Fsp3) is 0.560. The predicted octanol–water partition coefficient (Wildman–Crippen LogP) is 4.71. The summed E-state index contributed by atoms with van der Waals surface area (Å²) in [5.41, 5.74) is 2.60. The molecule has 1 aromatic carbocycles. The van der Waals surface area contributed by atoms with E-state index in [9.17, 15) is 0 Å². The van der Waals surface area contributed by atoms with Gasteiger partial charge in [0.15, 0.2) is 5.96 Å². The number of nitrogens with zero attached hydrogens (tertiary/aromatic N) is 3. The van der Waals surface area contributed by atoms with Crippen molar-refractivity contribution in [1.82, 2.24) is 20.4 Å². The molecule has 0 fully saturated rings. The van der Waals surface area contributed by atoms with Crippen LogP contribution in [0.4, 0.5) is 0 Å². The van der Waals surface area contributed by atoms with Crippen molar-refractivity contribution in [3.63, 3.8) is 0 Å². The second kappa shape index (κ2) is 16.1. The number of furan rings is 1. The van der Waals surface area contributed by atoms with Gasteiger partial charge in [0.25, 0.3) is 0 Å². The van der Waals surface area contributed by atoms with E-state index in [1.54, 1.807) is 6.26 Å². The molecule has 1 aromatic heterocycles. The van der Waals surface area contributed by atoms with Gasteiger partial charge in [-0.2, -0.15) is 0 Å². The number of benzene rings is 1. The van der Waals surface area contributed by atoms with E-state index < -0.39 is 0 Å². The first-order valence-corrected chi connectivity index (χ1v) is 11.5. The van der Waals surface area contributed by atoms with E-state index in [2.05, 4.69) is 77.5 Å². The van der Waals surface area contributed by atoms with Crippen LogP contribution < -0.4 is 10.6 Å². The molecule has 32 heavy (non-hydrogen) atoms. The molecule has 1 unspecified atom stereocenters. The lowest BCUT2D eigenvalue weighted by molar-refractivity contribution is 0.287. The summed E-state index contributed by atoms with van der Waals surface area (Å²) in [4.78, 5) is 9.16. The first kappa shape index (κ1) is 28.5. The molecule has 7 heteroatoms. The Hall–Kier alpha value is -1.58. The summed E-state index contributed by atoms with van der Waals surface area (Å²) < 4.78 is 5.48. The first-order chi connectivity index (χ1) is 15.0. The van der Waals surface area contributed by atoms with E-state index in [1.807, 2.05) is 19.2 Å². The average Bonchev–Trinajstić information content (AvgIpc) is 3.28. The van der Waals surface area contributed by atoms with Crippen molar-refractivity contribution in [2.24, 2.45) is 4.99 Å². The van der Waals surface area contributed by atoms with Crippen molar-refractivity contribution >= 4 is 29.9 Å². The van der Waals surface area contributed by atoms with Crippen molar-refractivity contribution in [3.05, 3.63) is 59.5 Å². The van der Waals surface area contributed by atoms with Crippen molar-refractivity contribution in [3.8, 4) is 0 Å². The molecule has 0 amide bonds. The molecular formula is C25H42IN5O. The lowest BCUT2D eigenvalue weighted by Crippen LogP contribution is -2.42. The van der Waals surface area contributed by atoms with Gasteiger partial charge in [-0.3, -0.25) is 9.89 Å². The predicted molar refractivity (Wildman–Crippen MR) is 146 cm³/mol. The van der Waals surface area contributed by atoms with Crippen molar-refractivity contribution in [1.29, 1.82) is 0 Å². The molecule has 1 heterocycles. The van der Waals surface area contributed by atoms with Crippen LogP contribution in [0.5, 0.6) is 0 Å². The Kier molecular flexibility index (Phi) is 14.3. The SMILES string of the molecule is CCN(CC)CCCC(C)NC(=NC)NCc1ccccc1CN(C)Cc1ccco1.I. The van der Waals surface area contributed by atoms with Crippen LogP contribution in [0.2, 0.25) is 0 Å². The number of hydrogen-bond acceptors (Lipinski definition) is 4. The largest absolute Gasteiger partial charge is 0.468 e. The fourth-order valence-electron chi connectivity index (χ4n) is 3.74. The number of hydrogen-bond donors (Lipinski definition) is 2. The smallest absolute Gasteiger partial charge is 0.191 e. The summed E-state index contributed by atoms with van der Waals surface area (Å²) in [6.07, 6.45) is 4.05. The number of rotatable bonds is 13. The Balaban J connectivity index is 0.00000512. The van der Waals surface area contributed by atoms with Crippen LogP contribution in [0, 0.1) is 0 Å². The van der Waals surface area contributed by atoms with Crippen molar-refractivity contribution in [2.75, 3.05) is 33.7 Å². The summed E-state index contributed by atoms with van der Waals surface area (Å²) >= 11 is 0. The van der Waals surface area contributed by atoms with Crippen LogP contribution in [0.1, 0.15) is 50.5 Å². The molecule has 1 atom stereocenters. The van der Waals surface area contributed by atoms with Gasteiger partial charge < -0.3 is 20.0 Å². The topological polar surface area (TPSA) is 56.0 Å². The summed E-state index contributed by atoms with van der Waals surface area (Å²) in [6.45, 7) is 12.5. The molecule has 0 bridgehead atoms. The molecule has 0 radical (unpaired) electrons. The minimum Gasteiger partial charge on any atom is -0.468 e. The Morgan fingerprint density at radius 2 is 1.78 bits per heavy atom. The van der Waals surface area contributed by atoms with Gasteiger partial charge in [-0.25, -0.2) is 0 Å². The summed E-state index contributed by atoms with van der Waals surface area (Å²) in [5.74, 6) is 1.84. The number of aliphatic imine (C=N–C) groups is 1. The number of halogens is 1. The van der Waals surface area contributed by atoms with Gasteiger partial charge in [-0.05, 0) is 69.7 Å². The monoisotopic (exact) mass is 555 g/mol. The van der Waals surface area contributed by atoms with Gasteiger partial charge in [0.2, 0.25) is 0 Å². The maximum Gasteiger partial charge on any atom is 0.191 e. The van der Waals surface area contributed by atoms with Crippen LogP contribution in [0.25, 0.3) is 0 Å². The minimum atomic E-state index is 0. The molecular weight excluding hydrogens is 513 g/mol. The van der Waals surface area contributed by atoms with E-state index in [-0.39, 0.29) is 24.0 Å². The van der Waals surface area contributed by atoms with Gasteiger partial charge in [0, 0.05) is 26.2 Å². The van der Waals surface area contributed by atoms with Gasteiger partial charge >= 0.3 is 0 Å². The Morgan fingerprint density at radius 1 is 1.06 bits per heavy atom.